The summed E-state index contributed by atoms with van der Waals surface area (Å²) >= 11 is 0. The minimum absolute atomic E-state index is 0.102. The van der Waals surface area contributed by atoms with Gasteiger partial charge in [0.05, 0.1) is 29.2 Å². The predicted molar refractivity (Wildman–Crippen MR) is 121 cm³/mol. The van der Waals surface area contributed by atoms with Crippen molar-refractivity contribution in [1.82, 2.24) is 14.8 Å². The third-order valence-electron chi connectivity index (χ3n) is 5.04. The van der Waals surface area contributed by atoms with Crippen molar-refractivity contribution in [3.8, 4) is 12.1 Å². The molecule has 7 heteroatoms. The van der Waals surface area contributed by atoms with Crippen LogP contribution >= 0.6 is 0 Å². The summed E-state index contributed by atoms with van der Waals surface area (Å²) in [4.78, 5) is 14.5. The van der Waals surface area contributed by atoms with E-state index in [0.29, 0.717) is 11.1 Å². The van der Waals surface area contributed by atoms with Crippen LogP contribution in [0.5, 0.6) is 0 Å². The summed E-state index contributed by atoms with van der Waals surface area (Å²) in [6, 6.07) is 18.8. The number of aliphatic carboxylic acids is 1. The number of nitrogens with zero attached hydrogens (tertiary/aromatic N) is 5. The average molecular weight is 430 g/mol. The minimum atomic E-state index is -0.635. The Morgan fingerprint density at radius 1 is 0.938 bits per heavy atom. The van der Waals surface area contributed by atoms with E-state index in [4.69, 9.17) is 15.6 Å². The molecule has 0 saturated carbocycles. The number of carboxylic acid groups (broad SMARTS) is 1. The van der Waals surface area contributed by atoms with Gasteiger partial charge in [0.25, 0.3) is 0 Å². The number of aromatic nitrogens is 3. The van der Waals surface area contributed by atoms with Crippen molar-refractivity contribution < 1.29 is 9.90 Å². The fourth-order valence-electron chi connectivity index (χ4n) is 3.42. The van der Waals surface area contributed by atoms with Gasteiger partial charge in [-0.25, -0.2) is 9.67 Å². The topological polar surface area (TPSA) is 116 Å². The molecule has 3 rings (SSSR count). The van der Waals surface area contributed by atoms with Crippen LogP contribution in [0.2, 0.25) is 0 Å². The highest BCUT2D eigenvalue weighted by molar-refractivity contribution is 5.69. The molecule has 0 aliphatic carbocycles. The Labute approximate surface area is 188 Å². The first-order chi connectivity index (χ1) is 15.5. The zero-order valence-corrected chi connectivity index (χ0v) is 18.3. The summed E-state index contributed by atoms with van der Waals surface area (Å²) in [7, 11) is 0. The second-order valence-corrected chi connectivity index (χ2v) is 7.36. The summed E-state index contributed by atoms with van der Waals surface area (Å²) < 4.78 is 1.75. The van der Waals surface area contributed by atoms with Gasteiger partial charge in [-0.15, -0.1) is 0 Å². The molecule has 0 fully saturated rings. The molecule has 2 aromatic carbocycles. The lowest BCUT2D eigenvalue weighted by Gasteiger charge is -2.18. The molecule has 0 aliphatic rings. The lowest BCUT2D eigenvalue weighted by molar-refractivity contribution is -0.142. The highest BCUT2D eigenvalue weighted by Crippen LogP contribution is 2.26. The first kappa shape index (κ1) is 24.3. The molecule has 0 amide bonds. The lowest BCUT2D eigenvalue weighted by Crippen LogP contribution is -2.13. The SMILES string of the molecule is CCCC(CCC)C(=O)O.N#Cc1ccc(C(c2ccc(C#N)cc2)n2cncn2)cc1. The van der Waals surface area contributed by atoms with Crippen LogP contribution < -0.4 is 0 Å². The minimum Gasteiger partial charge on any atom is -0.481 e. The van der Waals surface area contributed by atoms with Gasteiger partial charge in [0.2, 0.25) is 0 Å². The molecule has 3 aromatic rings. The zero-order chi connectivity index (χ0) is 23.3. The fourth-order valence-corrected chi connectivity index (χ4v) is 3.42. The third kappa shape index (κ3) is 6.78. The van der Waals surface area contributed by atoms with Crippen molar-refractivity contribution in [3.05, 3.63) is 83.4 Å². The molecular weight excluding hydrogens is 402 g/mol. The zero-order valence-electron chi connectivity index (χ0n) is 18.3. The number of hydrogen-bond acceptors (Lipinski definition) is 5. The van der Waals surface area contributed by atoms with Crippen LogP contribution in [-0.2, 0) is 4.79 Å². The molecule has 164 valence electrons. The summed E-state index contributed by atoms with van der Waals surface area (Å²) in [6.07, 6.45) is 6.72. The highest BCUT2D eigenvalue weighted by atomic mass is 16.4. The van der Waals surface area contributed by atoms with E-state index in [0.717, 1.165) is 36.8 Å². The molecule has 0 spiro atoms. The molecule has 0 saturated heterocycles. The van der Waals surface area contributed by atoms with Crippen molar-refractivity contribution in [3.63, 3.8) is 0 Å². The first-order valence-corrected chi connectivity index (χ1v) is 10.6. The van der Waals surface area contributed by atoms with E-state index < -0.39 is 5.97 Å². The van der Waals surface area contributed by atoms with Gasteiger partial charge in [-0.3, -0.25) is 4.79 Å². The van der Waals surface area contributed by atoms with Gasteiger partial charge >= 0.3 is 5.97 Å². The van der Waals surface area contributed by atoms with E-state index >= 15 is 0 Å². The summed E-state index contributed by atoms with van der Waals surface area (Å²) in [5.74, 6) is -0.737. The van der Waals surface area contributed by atoms with Crippen LogP contribution in [0.4, 0.5) is 0 Å². The smallest absolute Gasteiger partial charge is 0.306 e. The van der Waals surface area contributed by atoms with Crippen LogP contribution in [0.3, 0.4) is 0 Å². The normalized spacial score (nSPS) is 10.2. The molecule has 7 nitrogen and oxygen atoms in total. The molecular formula is C25H27N5O2. The van der Waals surface area contributed by atoms with Crippen LogP contribution in [0.25, 0.3) is 0 Å². The Morgan fingerprint density at radius 3 is 1.72 bits per heavy atom. The maximum atomic E-state index is 10.5. The lowest BCUT2D eigenvalue weighted by atomic mass is 9.97. The van der Waals surface area contributed by atoms with E-state index in [1.165, 1.54) is 6.33 Å². The Hall–Kier alpha value is -3.97. The van der Waals surface area contributed by atoms with Crippen LogP contribution in [0.15, 0.2) is 61.2 Å². The molecule has 0 bridgehead atoms. The molecule has 0 radical (unpaired) electrons. The number of rotatable bonds is 8. The Balaban J connectivity index is 0.000000309. The molecule has 0 atom stereocenters. The number of nitriles is 2. The number of carboxylic acids is 1. The molecule has 32 heavy (non-hydrogen) atoms. The largest absolute Gasteiger partial charge is 0.481 e. The van der Waals surface area contributed by atoms with E-state index in [2.05, 4.69) is 22.2 Å². The molecule has 0 unspecified atom stereocenters. The maximum Gasteiger partial charge on any atom is 0.306 e. The summed E-state index contributed by atoms with van der Waals surface area (Å²) in [6.45, 7) is 4.04. The van der Waals surface area contributed by atoms with Crippen molar-refractivity contribution in [2.24, 2.45) is 5.92 Å². The Morgan fingerprint density at radius 2 is 1.41 bits per heavy atom. The molecule has 0 aliphatic heterocycles. The van der Waals surface area contributed by atoms with Gasteiger partial charge in [-0.1, -0.05) is 51.0 Å². The quantitative estimate of drug-likeness (QED) is 0.542. The Kier molecular flexibility index (Phi) is 9.62. The second kappa shape index (κ2) is 12.7. The first-order valence-electron chi connectivity index (χ1n) is 10.6. The van der Waals surface area contributed by atoms with Gasteiger partial charge < -0.3 is 5.11 Å². The van der Waals surface area contributed by atoms with Crippen molar-refractivity contribution in [2.45, 2.75) is 45.6 Å². The maximum absolute atomic E-state index is 10.5. The Bertz CT molecular complexity index is 982. The van der Waals surface area contributed by atoms with Crippen molar-refractivity contribution in [2.75, 3.05) is 0 Å². The number of hydrogen-bond donors (Lipinski definition) is 1. The predicted octanol–water partition coefficient (Wildman–Crippen LogP) is 4.95. The highest BCUT2D eigenvalue weighted by Gasteiger charge is 2.17. The number of carbonyl (C=O) groups is 1. The van der Waals surface area contributed by atoms with Crippen LogP contribution in [-0.4, -0.2) is 25.8 Å². The van der Waals surface area contributed by atoms with Crippen LogP contribution in [0, 0.1) is 28.6 Å². The third-order valence-corrected chi connectivity index (χ3v) is 5.04. The van der Waals surface area contributed by atoms with E-state index in [-0.39, 0.29) is 12.0 Å². The standard InChI is InChI=1S/C17H11N5.C8H16O2/c18-9-13-1-5-15(6-2-13)17(22-12-20-11-21-22)16-7-3-14(10-19)4-8-16;1-3-5-7(6-4-2)8(9)10/h1-8,11-12,17H;7H,3-6H2,1-2H3,(H,9,10). The summed E-state index contributed by atoms with van der Waals surface area (Å²) in [5, 5.41) is 30.7. The van der Waals surface area contributed by atoms with Gasteiger partial charge in [-0.2, -0.15) is 15.6 Å². The van der Waals surface area contributed by atoms with Crippen molar-refractivity contribution in [1.29, 1.82) is 10.5 Å². The van der Waals surface area contributed by atoms with Crippen molar-refractivity contribution >= 4 is 5.97 Å². The molecule has 1 heterocycles. The number of benzene rings is 2. The van der Waals surface area contributed by atoms with Gasteiger partial charge in [-0.05, 0) is 48.2 Å². The molecule has 1 aromatic heterocycles. The van der Waals surface area contributed by atoms with E-state index in [9.17, 15) is 4.79 Å². The second-order valence-electron chi connectivity index (χ2n) is 7.36. The van der Waals surface area contributed by atoms with Crippen LogP contribution in [0.1, 0.15) is 67.8 Å². The van der Waals surface area contributed by atoms with E-state index in [1.807, 2.05) is 38.1 Å². The van der Waals surface area contributed by atoms with Gasteiger partial charge in [0.1, 0.15) is 18.7 Å². The molecule has 1 N–H and O–H groups in total. The fraction of sp³-hybridized carbons (Fsp3) is 0.320. The van der Waals surface area contributed by atoms with Gasteiger partial charge in [0.15, 0.2) is 0 Å². The van der Waals surface area contributed by atoms with Gasteiger partial charge in [0, 0.05) is 0 Å². The average Bonchev–Trinajstić information content (AvgIpc) is 3.35. The summed E-state index contributed by atoms with van der Waals surface area (Å²) in [5.41, 5.74) is 3.21. The monoisotopic (exact) mass is 429 g/mol. The van der Waals surface area contributed by atoms with E-state index in [1.54, 1.807) is 35.3 Å².